The van der Waals surface area contributed by atoms with Gasteiger partial charge in [-0.05, 0) is 31.5 Å². The summed E-state index contributed by atoms with van der Waals surface area (Å²) in [6.07, 6.45) is 4.57. The predicted octanol–water partition coefficient (Wildman–Crippen LogP) is 4.48. The molecule has 0 heterocycles. The SMILES string of the molecule is Fc1cc(Br)ccc1CNCCCCCCCl. The fourth-order valence-electron chi connectivity index (χ4n) is 1.59. The second kappa shape index (κ2) is 8.90. The fourth-order valence-corrected chi connectivity index (χ4v) is 2.11. The summed E-state index contributed by atoms with van der Waals surface area (Å²) in [4.78, 5) is 0. The Morgan fingerprint density at radius 3 is 2.65 bits per heavy atom. The van der Waals surface area contributed by atoms with Crippen molar-refractivity contribution in [3.05, 3.63) is 34.1 Å². The topological polar surface area (TPSA) is 12.0 Å². The minimum Gasteiger partial charge on any atom is -0.313 e. The Balaban J connectivity index is 2.14. The first-order valence-corrected chi connectivity index (χ1v) is 7.27. The first-order chi connectivity index (χ1) is 8.24. The zero-order valence-corrected chi connectivity index (χ0v) is 12.2. The molecule has 0 aliphatic rings. The molecule has 0 spiro atoms. The second-order valence-electron chi connectivity index (χ2n) is 4.02. The minimum absolute atomic E-state index is 0.158. The van der Waals surface area contributed by atoms with Crippen LogP contribution >= 0.6 is 27.5 Å². The third-order valence-corrected chi connectivity index (χ3v) is 3.33. The van der Waals surface area contributed by atoms with Gasteiger partial charge in [-0.3, -0.25) is 0 Å². The quantitative estimate of drug-likeness (QED) is 0.550. The zero-order valence-electron chi connectivity index (χ0n) is 9.82. The monoisotopic (exact) mass is 321 g/mol. The lowest BCUT2D eigenvalue weighted by atomic mass is 10.2. The molecule has 0 saturated heterocycles. The molecular formula is C13H18BrClFN. The average Bonchev–Trinajstić information content (AvgIpc) is 2.30. The van der Waals surface area contributed by atoms with E-state index in [4.69, 9.17) is 11.6 Å². The highest BCUT2D eigenvalue weighted by atomic mass is 79.9. The Labute approximate surface area is 116 Å². The van der Waals surface area contributed by atoms with E-state index in [0.717, 1.165) is 29.7 Å². The van der Waals surface area contributed by atoms with Crippen LogP contribution in [0.25, 0.3) is 0 Å². The van der Waals surface area contributed by atoms with Crippen molar-refractivity contribution >= 4 is 27.5 Å². The van der Waals surface area contributed by atoms with Gasteiger partial charge in [0.1, 0.15) is 5.82 Å². The molecule has 0 aromatic heterocycles. The van der Waals surface area contributed by atoms with Gasteiger partial charge in [0.25, 0.3) is 0 Å². The molecule has 0 aliphatic heterocycles. The van der Waals surface area contributed by atoms with E-state index in [-0.39, 0.29) is 5.82 Å². The Kier molecular flexibility index (Phi) is 7.82. The van der Waals surface area contributed by atoms with E-state index in [0.29, 0.717) is 12.1 Å². The summed E-state index contributed by atoms with van der Waals surface area (Å²) in [7, 11) is 0. The number of hydrogen-bond acceptors (Lipinski definition) is 1. The van der Waals surface area contributed by atoms with E-state index in [2.05, 4.69) is 21.2 Å². The maximum Gasteiger partial charge on any atom is 0.128 e. The normalized spacial score (nSPS) is 10.8. The minimum atomic E-state index is -0.158. The van der Waals surface area contributed by atoms with E-state index in [1.54, 1.807) is 6.07 Å². The van der Waals surface area contributed by atoms with Crippen molar-refractivity contribution < 1.29 is 4.39 Å². The van der Waals surface area contributed by atoms with E-state index in [1.807, 2.05) is 6.07 Å². The van der Waals surface area contributed by atoms with Gasteiger partial charge in [-0.2, -0.15) is 0 Å². The fraction of sp³-hybridized carbons (Fsp3) is 0.538. The van der Waals surface area contributed by atoms with Crippen LogP contribution in [0.1, 0.15) is 31.2 Å². The van der Waals surface area contributed by atoms with Gasteiger partial charge in [-0.1, -0.05) is 34.8 Å². The first-order valence-electron chi connectivity index (χ1n) is 5.94. The van der Waals surface area contributed by atoms with Crippen LogP contribution in [0.2, 0.25) is 0 Å². The highest BCUT2D eigenvalue weighted by Crippen LogP contribution is 2.15. The van der Waals surface area contributed by atoms with Crippen molar-refractivity contribution in [1.29, 1.82) is 0 Å². The molecule has 1 nitrogen and oxygen atoms in total. The number of unbranched alkanes of at least 4 members (excludes halogenated alkanes) is 3. The molecule has 1 N–H and O–H groups in total. The summed E-state index contributed by atoms with van der Waals surface area (Å²) in [5.41, 5.74) is 0.717. The molecule has 96 valence electrons. The molecule has 0 unspecified atom stereocenters. The third kappa shape index (κ3) is 6.39. The van der Waals surface area contributed by atoms with Gasteiger partial charge in [0.15, 0.2) is 0 Å². The largest absolute Gasteiger partial charge is 0.313 e. The van der Waals surface area contributed by atoms with Crippen molar-refractivity contribution in [3.63, 3.8) is 0 Å². The second-order valence-corrected chi connectivity index (χ2v) is 5.31. The smallest absolute Gasteiger partial charge is 0.128 e. The molecule has 0 saturated carbocycles. The van der Waals surface area contributed by atoms with E-state index in [9.17, 15) is 4.39 Å². The Morgan fingerprint density at radius 2 is 1.94 bits per heavy atom. The van der Waals surface area contributed by atoms with Gasteiger partial charge in [0, 0.05) is 22.5 Å². The van der Waals surface area contributed by atoms with Crippen LogP contribution in [-0.2, 0) is 6.54 Å². The molecule has 1 aromatic rings. The Bertz CT molecular complexity index is 333. The van der Waals surface area contributed by atoms with Crippen molar-refractivity contribution in [2.75, 3.05) is 12.4 Å². The lowest BCUT2D eigenvalue weighted by molar-refractivity contribution is 0.567. The average molecular weight is 323 g/mol. The van der Waals surface area contributed by atoms with E-state index in [1.165, 1.54) is 18.9 Å². The lowest BCUT2D eigenvalue weighted by Crippen LogP contribution is -2.15. The highest BCUT2D eigenvalue weighted by Gasteiger charge is 2.01. The van der Waals surface area contributed by atoms with Crippen LogP contribution in [0.15, 0.2) is 22.7 Å². The van der Waals surface area contributed by atoms with Gasteiger partial charge in [0.05, 0.1) is 0 Å². The van der Waals surface area contributed by atoms with Gasteiger partial charge < -0.3 is 5.32 Å². The Hall–Kier alpha value is -0.120. The molecule has 0 fully saturated rings. The van der Waals surface area contributed by atoms with Crippen molar-refractivity contribution in [1.82, 2.24) is 5.32 Å². The molecule has 1 aromatic carbocycles. The van der Waals surface area contributed by atoms with Crippen molar-refractivity contribution in [2.45, 2.75) is 32.2 Å². The predicted molar refractivity (Wildman–Crippen MR) is 75.0 cm³/mol. The van der Waals surface area contributed by atoms with Gasteiger partial charge in [-0.15, -0.1) is 11.6 Å². The van der Waals surface area contributed by atoms with Crippen LogP contribution in [0.3, 0.4) is 0 Å². The number of rotatable bonds is 8. The van der Waals surface area contributed by atoms with Gasteiger partial charge >= 0.3 is 0 Å². The van der Waals surface area contributed by atoms with Crippen molar-refractivity contribution in [2.24, 2.45) is 0 Å². The van der Waals surface area contributed by atoms with Crippen LogP contribution in [0, 0.1) is 5.82 Å². The summed E-state index contributed by atoms with van der Waals surface area (Å²) < 4.78 is 14.2. The maximum absolute atomic E-state index is 13.4. The number of alkyl halides is 1. The maximum atomic E-state index is 13.4. The van der Waals surface area contributed by atoms with Gasteiger partial charge in [0.2, 0.25) is 0 Å². The third-order valence-electron chi connectivity index (χ3n) is 2.57. The van der Waals surface area contributed by atoms with Crippen LogP contribution in [0.5, 0.6) is 0 Å². The van der Waals surface area contributed by atoms with Crippen LogP contribution in [0.4, 0.5) is 4.39 Å². The molecule has 17 heavy (non-hydrogen) atoms. The molecule has 0 radical (unpaired) electrons. The zero-order chi connectivity index (χ0) is 12.5. The van der Waals surface area contributed by atoms with E-state index >= 15 is 0 Å². The molecular weight excluding hydrogens is 305 g/mol. The van der Waals surface area contributed by atoms with Gasteiger partial charge in [-0.25, -0.2) is 4.39 Å². The number of hydrogen-bond donors (Lipinski definition) is 1. The van der Waals surface area contributed by atoms with Crippen LogP contribution in [-0.4, -0.2) is 12.4 Å². The summed E-state index contributed by atoms with van der Waals surface area (Å²) in [5, 5.41) is 3.25. The number of halogens is 3. The summed E-state index contributed by atoms with van der Waals surface area (Å²) in [6.45, 7) is 1.52. The van der Waals surface area contributed by atoms with Crippen LogP contribution < -0.4 is 5.32 Å². The highest BCUT2D eigenvalue weighted by molar-refractivity contribution is 9.10. The molecule has 0 amide bonds. The molecule has 0 atom stereocenters. The summed E-state index contributed by atoms with van der Waals surface area (Å²) in [6, 6.07) is 5.16. The molecule has 0 aliphatic carbocycles. The summed E-state index contributed by atoms with van der Waals surface area (Å²) in [5.74, 6) is 0.589. The molecule has 1 rings (SSSR count). The molecule has 0 bridgehead atoms. The number of benzene rings is 1. The lowest BCUT2D eigenvalue weighted by Gasteiger charge is -2.06. The Morgan fingerprint density at radius 1 is 1.18 bits per heavy atom. The number of nitrogens with one attached hydrogen (secondary N) is 1. The summed E-state index contributed by atoms with van der Waals surface area (Å²) >= 11 is 8.83. The first kappa shape index (κ1) is 14.9. The standard InChI is InChI=1S/C13H18BrClFN/c14-12-6-5-11(13(16)9-12)10-17-8-4-2-1-3-7-15/h5-6,9,17H,1-4,7-8,10H2. The van der Waals surface area contributed by atoms with E-state index < -0.39 is 0 Å². The molecule has 4 heteroatoms. The van der Waals surface area contributed by atoms with Crippen molar-refractivity contribution in [3.8, 4) is 0 Å².